The maximum absolute atomic E-state index is 13.4. The molecule has 0 aromatic heterocycles. The molecule has 3 aromatic carbocycles. The Kier molecular flexibility index (Phi) is 7.43. The van der Waals surface area contributed by atoms with E-state index in [1.807, 2.05) is 38.1 Å². The van der Waals surface area contributed by atoms with Gasteiger partial charge in [0.05, 0.1) is 28.3 Å². The number of hydrogen-bond acceptors (Lipinski definition) is 4. The van der Waals surface area contributed by atoms with Crippen LogP contribution in [0.2, 0.25) is 10.0 Å². The van der Waals surface area contributed by atoms with Gasteiger partial charge in [-0.3, -0.25) is 14.5 Å². The van der Waals surface area contributed by atoms with Crippen molar-refractivity contribution >= 4 is 46.3 Å². The minimum atomic E-state index is -0.847. The second-order valence-electron chi connectivity index (χ2n) is 9.31. The van der Waals surface area contributed by atoms with Crippen molar-refractivity contribution in [1.82, 2.24) is 0 Å². The topological polar surface area (TPSA) is 66.8 Å². The van der Waals surface area contributed by atoms with Gasteiger partial charge < -0.3 is 9.84 Å². The fourth-order valence-electron chi connectivity index (χ4n) is 4.29. The zero-order chi connectivity index (χ0) is 26.1. The number of rotatable bonds is 6. The molecule has 0 saturated carbocycles. The summed E-state index contributed by atoms with van der Waals surface area (Å²) in [5, 5.41) is 12.0. The van der Waals surface area contributed by atoms with E-state index in [2.05, 4.69) is 13.8 Å². The predicted octanol–water partition coefficient (Wildman–Crippen LogP) is 7.27. The van der Waals surface area contributed by atoms with Gasteiger partial charge in [0.25, 0.3) is 11.7 Å². The van der Waals surface area contributed by atoms with Crippen molar-refractivity contribution in [2.75, 3.05) is 11.5 Å². The molecule has 1 amide bonds. The molecule has 1 heterocycles. The van der Waals surface area contributed by atoms with Gasteiger partial charge in [0.1, 0.15) is 11.5 Å². The van der Waals surface area contributed by atoms with Crippen LogP contribution >= 0.6 is 23.2 Å². The van der Waals surface area contributed by atoms with Gasteiger partial charge in [-0.2, -0.15) is 0 Å². The van der Waals surface area contributed by atoms with Crippen LogP contribution in [-0.2, 0) is 9.59 Å². The normalized spacial score (nSPS) is 17.2. The minimum Gasteiger partial charge on any atom is -0.507 e. The lowest BCUT2D eigenvalue weighted by atomic mass is 9.92. The van der Waals surface area contributed by atoms with Gasteiger partial charge in [-0.05, 0) is 72.9 Å². The summed E-state index contributed by atoms with van der Waals surface area (Å²) in [5.74, 6) is -0.708. The molecule has 1 fully saturated rings. The molecule has 0 bridgehead atoms. The molecule has 5 nitrogen and oxygen atoms in total. The van der Waals surface area contributed by atoms with Crippen LogP contribution in [0.15, 0.2) is 66.2 Å². The second-order valence-corrected chi connectivity index (χ2v) is 10.1. The first-order valence-corrected chi connectivity index (χ1v) is 12.4. The van der Waals surface area contributed by atoms with Crippen LogP contribution in [0.5, 0.6) is 5.75 Å². The number of aliphatic hydroxyl groups excluding tert-OH is 1. The summed E-state index contributed by atoms with van der Waals surface area (Å²) >= 11 is 12.3. The van der Waals surface area contributed by atoms with Gasteiger partial charge in [0.15, 0.2) is 0 Å². The maximum atomic E-state index is 13.4. The van der Waals surface area contributed by atoms with E-state index in [1.165, 1.54) is 4.90 Å². The number of Topliss-reactive ketones (excluding diaryl/α,β-unsaturated/α-hetero) is 1. The quantitative estimate of drug-likeness (QED) is 0.209. The third-order valence-electron chi connectivity index (χ3n) is 6.13. The molecule has 1 unspecified atom stereocenters. The van der Waals surface area contributed by atoms with E-state index in [-0.39, 0.29) is 16.4 Å². The Hall–Kier alpha value is -3.28. The summed E-state index contributed by atoms with van der Waals surface area (Å²) in [7, 11) is 0. The average molecular weight is 524 g/mol. The van der Waals surface area contributed by atoms with E-state index in [0.717, 1.165) is 16.7 Å². The number of hydrogen-bond donors (Lipinski definition) is 1. The molecule has 1 saturated heterocycles. The number of aryl methyl sites for hydroxylation is 2. The Morgan fingerprint density at radius 3 is 2.33 bits per heavy atom. The molecule has 7 heteroatoms. The molecule has 0 spiro atoms. The fourth-order valence-corrected chi connectivity index (χ4v) is 4.58. The van der Waals surface area contributed by atoms with Crippen molar-refractivity contribution in [2.24, 2.45) is 5.92 Å². The SMILES string of the molecule is Cc1cc(/C(O)=C2\C(=O)C(=O)N(c3ccc(Cl)c(Cl)c3)C2c2ccccc2C)ccc1OCC(C)C. The van der Waals surface area contributed by atoms with Gasteiger partial charge in [0.2, 0.25) is 0 Å². The second kappa shape index (κ2) is 10.4. The van der Waals surface area contributed by atoms with Crippen LogP contribution in [-0.4, -0.2) is 23.4 Å². The predicted molar refractivity (Wildman–Crippen MR) is 144 cm³/mol. The summed E-state index contributed by atoms with van der Waals surface area (Å²) in [6.45, 7) is 8.46. The highest BCUT2D eigenvalue weighted by atomic mass is 35.5. The maximum Gasteiger partial charge on any atom is 0.300 e. The van der Waals surface area contributed by atoms with Crippen molar-refractivity contribution in [3.63, 3.8) is 0 Å². The summed E-state index contributed by atoms with van der Waals surface area (Å²) in [5.41, 5.74) is 3.25. The van der Waals surface area contributed by atoms with Crippen LogP contribution in [0.25, 0.3) is 5.76 Å². The third-order valence-corrected chi connectivity index (χ3v) is 6.87. The zero-order valence-corrected chi connectivity index (χ0v) is 22.0. The largest absolute Gasteiger partial charge is 0.507 e. The van der Waals surface area contributed by atoms with Crippen LogP contribution in [0.4, 0.5) is 5.69 Å². The Bertz CT molecular complexity index is 1380. The van der Waals surface area contributed by atoms with Gasteiger partial charge in [-0.15, -0.1) is 0 Å². The lowest BCUT2D eigenvalue weighted by molar-refractivity contribution is -0.132. The van der Waals surface area contributed by atoms with Crippen molar-refractivity contribution in [2.45, 2.75) is 33.7 Å². The van der Waals surface area contributed by atoms with E-state index in [1.54, 1.807) is 36.4 Å². The van der Waals surface area contributed by atoms with Crippen LogP contribution in [0.1, 0.15) is 42.1 Å². The van der Waals surface area contributed by atoms with Gasteiger partial charge >= 0.3 is 0 Å². The number of aliphatic hydroxyl groups is 1. The van der Waals surface area contributed by atoms with E-state index in [4.69, 9.17) is 27.9 Å². The molecule has 1 atom stereocenters. The highest BCUT2D eigenvalue weighted by Crippen LogP contribution is 2.44. The van der Waals surface area contributed by atoms with Crippen molar-refractivity contribution in [3.05, 3.63) is 98.5 Å². The molecular formula is C29H27Cl2NO4. The third kappa shape index (κ3) is 4.86. The number of carbonyl (C=O) groups is 2. The number of benzene rings is 3. The lowest BCUT2D eigenvalue weighted by Crippen LogP contribution is -2.29. The molecular weight excluding hydrogens is 497 g/mol. The number of carbonyl (C=O) groups excluding carboxylic acids is 2. The first kappa shape index (κ1) is 25.8. The van der Waals surface area contributed by atoms with Gasteiger partial charge in [0, 0.05) is 11.3 Å². The Morgan fingerprint density at radius 2 is 1.69 bits per heavy atom. The molecule has 1 aliphatic heterocycles. The molecule has 36 heavy (non-hydrogen) atoms. The highest BCUT2D eigenvalue weighted by Gasteiger charge is 2.47. The number of halogens is 2. The Labute approximate surface area is 220 Å². The van der Waals surface area contributed by atoms with E-state index in [0.29, 0.717) is 34.5 Å². The van der Waals surface area contributed by atoms with E-state index >= 15 is 0 Å². The number of ether oxygens (including phenoxy) is 1. The van der Waals surface area contributed by atoms with Crippen LogP contribution in [0.3, 0.4) is 0 Å². The summed E-state index contributed by atoms with van der Waals surface area (Å²) in [6.07, 6.45) is 0. The number of ketones is 1. The fraction of sp³-hybridized carbons (Fsp3) is 0.241. The number of nitrogens with zero attached hydrogens (tertiary/aromatic N) is 1. The first-order chi connectivity index (χ1) is 17.1. The smallest absolute Gasteiger partial charge is 0.300 e. The molecule has 0 aliphatic carbocycles. The van der Waals surface area contributed by atoms with Crippen molar-refractivity contribution < 1.29 is 19.4 Å². The van der Waals surface area contributed by atoms with E-state index < -0.39 is 17.7 Å². The molecule has 3 aromatic rings. The van der Waals surface area contributed by atoms with E-state index in [9.17, 15) is 14.7 Å². The zero-order valence-electron chi connectivity index (χ0n) is 20.5. The summed E-state index contributed by atoms with van der Waals surface area (Å²) in [6, 6.07) is 16.6. The van der Waals surface area contributed by atoms with Crippen LogP contribution in [0, 0.1) is 19.8 Å². The Morgan fingerprint density at radius 1 is 0.972 bits per heavy atom. The van der Waals surface area contributed by atoms with Crippen LogP contribution < -0.4 is 9.64 Å². The number of anilines is 1. The van der Waals surface area contributed by atoms with Gasteiger partial charge in [-0.1, -0.05) is 61.3 Å². The lowest BCUT2D eigenvalue weighted by Gasteiger charge is -2.27. The average Bonchev–Trinajstić information content (AvgIpc) is 3.10. The summed E-state index contributed by atoms with van der Waals surface area (Å²) < 4.78 is 5.85. The molecule has 0 radical (unpaired) electrons. The molecule has 186 valence electrons. The highest BCUT2D eigenvalue weighted by molar-refractivity contribution is 6.52. The monoisotopic (exact) mass is 523 g/mol. The number of amides is 1. The molecule has 1 N–H and O–H groups in total. The molecule has 4 rings (SSSR count). The molecule has 1 aliphatic rings. The minimum absolute atomic E-state index is 0.00983. The Balaban J connectivity index is 1.88. The standard InChI is InChI=1S/C29H27Cl2NO4/c1-16(2)15-36-24-12-9-19(13-18(24)4)27(33)25-26(21-8-6-5-7-17(21)3)32(29(35)28(25)34)20-10-11-22(30)23(31)14-20/h5-14,16,26,33H,15H2,1-4H3/b27-25+. The summed E-state index contributed by atoms with van der Waals surface area (Å²) in [4.78, 5) is 28.1. The van der Waals surface area contributed by atoms with Gasteiger partial charge in [-0.25, -0.2) is 0 Å². The van der Waals surface area contributed by atoms with Crippen molar-refractivity contribution in [3.8, 4) is 5.75 Å². The first-order valence-electron chi connectivity index (χ1n) is 11.7. The van der Waals surface area contributed by atoms with Crippen molar-refractivity contribution in [1.29, 1.82) is 0 Å².